The maximum atomic E-state index is 9.38. The minimum Gasteiger partial charge on any atom is -0.392 e. The van der Waals surface area contributed by atoms with Crippen molar-refractivity contribution in [3.63, 3.8) is 0 Å². The molecule has 0 aliphatic rings. The van der Waals surface area contributed by atoms with Crippen molar-refractivity contribution < 1.29 is 5.11 Å². The van der Waals surface area contributed by atoms with E-state index in [9.17, 15) is 5.11 Å². The van der Waals surface area contributed by atoms with Gasteiger partial charge in [-0.2, -0.15) is 0 Å². The van der Waals surface area contributed by atoms with Crippen molar-refractivity contribution >= 4 is 11.3 Å². The Bertz CT molecular complexity index is 491. The van der Waals surface area contributed by atoms with Crippen LogP contribution in [0.3, 0.4) is 0 Å². The fraction of sp³-hybridized carbons (Fsp3) is 0.125. The second kappa shape index (κ2) is 6.62. The van der Waals surface area contributed by atoms with E-state index < -0.39 is 0 Å². The molecule has 0 aliphatic carbocycles. The first-order valence-electron chi connectivity index (χ1n) is 6.04. The molecule has 0 aliphatic heterocycles. The molecule has 0 bridgehead atoms. The van der Waals surface area contributed by atoms with Crippen molar-refractivity contribution in [1.82, 2.24) is 0 Å². The molecule has 0 amide bonds. The zero-order valence-corrected chi connectivity index (χ0v) is 10.2. The highest BCUT2D eigenvalue weighted by atomic mass is 16.3. The summed E-state index contributed by atoms with van der Waals surface area (Å²) in [6.07, 6.45) is 2.02. The van der Waals surface area contributed by atoms with Gasteiger partial charge in [0.15, 0.2) is 0 Å². The molecular formula is C16H17NO. The zero-order chi connectivity index (χ0) is 12.6. The number of aliphatic hydroxyl groups excluding tert-OH is 1. The quantitative estimate of drug-likeness (QED) is 0.840. The average Bonchev–Trinajstić information content (AvgIpc) is 2.46. The van der Waals surface area contributed by atoms with E-state index >= 15 is 0 Å². The Hall–Kier alpha value is -2.06. The first kappa shape index (κ1) is 12.4. The molecule has 2 N–H and O–H groups in total. The number of anilines is 1. The maximum absolute atomic E-state index is 9.38. The lowest BCUT2D eigenvalue weighted by molar-refractivity contribution is 0.350. The SMILES string of the molecule is OC/C(=C\CNc1ccccc1)c1ccccc1. The van der Waals surface area contributed by atoms with Crippen molar-refractivity contribution in [2.24, 2.45) is 0 Å². The molecule has 0 unspecified atom stereocenters. The third-order valence-corrected chi connectivity index (χ3v) is 2.74. The standard InChI is InChI=1S/C16H17NO/c18-13-15(14-7-3-1-4-8-14)11-12-17-16-9-5-2-6-10-16/h1-11,17-18H,12-13H2/b15-11+. The summed E-state index contributed by atoms with van der Waals surface area (Å²) in [5.74, 6) is 0. The number of aliphatic hydroxyl groups is 1. The van der Waals surface area contributed by atoms with Crippen molar-refractivity contribution in [3.8, 4) is 0 Å². The van der Waals surface area contributed by atoms with Crippen molar-refractivity contribution in [2.75, 3.05) is 18.5 Å². The molecule has 2 aromatic rings. The minimum atomic E-state index is 0.0560. The van der Waals surface area contributed by atoms with Gasteiger partial charge in [-0.05, 0) is 23.3 Å². The predicted molar refractivity (Wildman–Crippen MR) is 76.4 cm³/mol. The monoisotopic (exact) mass is 239 g/mol. The largest absolute Gasteiger partial charge is 0.392 e. The van der Waals surface area contributed by atoms with Crippen LogP contribution in [-0.2, 0) is 0 Å². The second-order valence-corrected chi connectivity index (χ2v) is 4.00. The number of hydrogen-bond acceptors (Lipinski definition) is 2. The molecular weight excluding hydrogens is 222 g/mol. The minimum absolute atomic E-state index is 0.0560. The first-order chi connectivity index (χ1) is 8.90. The molecule has 0 spiro atoms. The number of benzene rings is 2. The van der Waals surface area contributed by atoms with E-state index in [-0.39, 0.29) is 6.61 Å². The third-order valence-electron chi connectivity index (χ3n) is 2.74. The Morgan fingerprint density at radius 2 is 1.56 bits per heavy atom. The molecule has 18 heavy (non-hydrogen) atoms. The fourth-order valence-electron chi connectivity index (χ4n) is 1.77. The molecule has 2 aromatic carbocycles. The van der Waals surface area contributed by atoms with Crippen LogP contribution in [0.4, 0.5) is 5.69 Å². The Balaban J connectivity index is 1.99. The summed E-state index contributed by atoms with van der Waals surface area (Å²) in [5.41, 5.74) is 3.09. The van der Waals surface area contributed by atoms with Crippen LogP contribution < -0.4 is 5.32 Å². The number of para-hydroxylation sites is 1. The van der Waals surface area contributed by atoms with E-state index in [1.807, 2.05) is 66.7 Å². The van der Waals surface area contributed by atoms with Gasteiger partial charge in [-0.1, -0.05) is 54.6 Å². The van der Waals surface area contributed by atoms with Crippen LogP contribution in [0.15, 0.2) is 66.7 Å². The van der Waals surface area contributed by atoms with Gasteiger partial charge in [0, 0.05) is 12.2 Å². The first-order valence-corrected chi connectivity index (χ1v) is 6.04. The third kappa shape index (κ3) is 3.47. The summed E-state index contributed by atoms with van der Waals surface area (Å²) in [6, 6.07) is 20.0. The van der Waals surface area contributed by atoms with Gasteiger partial charge in [0.25, 0.3) is 0 Å². The van der Waals surface area contributed by atoms with Crippen LogP contribution in [0.2, 0.25) is 0 Å². The molecule has 0 saturated carbocycles. The molecule has 0 fully saturated rings. The molecule has 2 nitrogen and oxygen atoms in total. The summed E-state index contributed by atoms with van der Waals surface area (Å²) in [7, 11) is 0. The Kier molecular flexibility index (Phi) is 4.56. The van der Waals surface area contributed by atoms with Crippen LogP contribution in [0.5, 0.6) is 0 Å². The lowest BCUT2D eigenvalue weighted by Gasteiger charge is -2.06. The van der Waals surface area contributed by atoms with Crippen molar-refractivity contribution in [2.45, 2.75) is 0 Å². The van der Waals surface area contributed by atoms with Gasteiger partial charge in [0.2, 0.25) is 0 Å². The van der Waals surface area contributed by atoms with E-state index in [1.54, 1.807) is 0 Å². The highest BCUT2D eigenvalue weighted by Gasteiger charge is 1.98. The van der Waals surface area contributed by atoms with Crippen LogP contribution in [-0.4, -0.2) is 18.3 Å². The van der Waals surface area contributed by atoms with Crippen LogP contribution >= 0.6 is 0 Å². The summed E-state index contributed by atoms with van der Waals surface area (Å²) in [4.78, 5) is 0. The van der Waals surface area contributed by atoms with Crippen molar-refractivity contribution in [1.29, 1.82) is 0 Å². The fourth-order valence-corrected chi connectivity index (χ4v) is 1.77. The topological polar surface area (TPSA) is 32.3 Å². The van der Waals surface area contributed by atoms with E-state index in [4.69, 9.17) is 0 Å². The Labute approximate surface area is 108 Å². The molecule has 2 heteroatoms. The van der Waals surface area contributed by atoms with Crippen LogP contribution in [0.1, 0.15) is 5.56 Å². The van der Waals surface area contributed by atoms with Crippen LogP contribution in [0, 0.1) is 0 Å². The highest BCUT2D eigenvalue weighted by molar-refractivity contribution is 5.66. The molecule has 2 rings (SSSR count). The van der Waals surface area contributed by atoms with Gasteiger partial charge in [0.1, 0.15) is 0 Å². The second-order valence-electron chi connectivity index (χ2n) is 4.00. The van der Waals surface area contributed by atoms with Crippen molar-refractivity contribution in [3.05, 3.63) is 72.3 Å². The van der Waals surface area contributed by atoms with E-state index in [1.165, 1.54) is 0 Å². The normalized spacial score (nSPS) is 11.3. The number of hydrogen-bond donors (Lipinski definition) is 2. The Morgan fingerprint density at radius 1 is 0.944 bits per heavy atom. The predicted octanol–water partition coefficient (Wildman–Crippen LogP) is 3.17. The Morgan fingerprint density at radius 3 is 2.17 bits per heavy atom. The molecule has 0 aromatic heterocycles. The molecule has 0 heterocycles. The van der Waals surface area contributed by atoms with Gasteiger partial charge in [-0.3, -0.25) is 0 Å². The lowest BCUT2D eigenvalue weighted by Crippen LogP contribution is -2.00. The average molecular weight is 239 g/mol. The van der Waals surface area contributed by atoms with Gasteiger partial charge >= 0.3 is 0 Å². The number of rotatable bonds is 5. The van der Waals surface area contributed by atoms with Gasteiger partial charge in [-0.25, -0.2) is 0 Å². The van der Waals surface area contributed by atoms with Gasteiger partial charge < -0.3 is 10.4 Å². The van der Waals surface area contributed by atoms with Gasteiger partial charge in [-0.15, -0.1) is 0 Å². The molecule has 0 atom stereocenters. The summed E-state index contributed by atoms with van der Waals surface area (Å²) in [6.45, 7) is 0.759. The summed E-state index contributed by atoms with van der Waals surface area (Å²) in [5, 5.41) is 12.7. The van der Waals surface area contributed by atoms with E-state index in [0.717, 1.165) is 16.8 Å². The maximum Gasteiger partial charge on any atom is 0.0685 e. The molecule has 92 valence electrons. The molecule has 0 saturated heterocycles. The smallest absolute Gasteiger partial charge is 0.0685 e. The van der Waals surface area contributed by atoms with E-state index in [0.29, 0.717) is 6.54 Å². The zero-order valence-electron chi connectivity index (χ0n) is 10.2. The van der Waals surface area contributed by atoms with E-state index in [2.05, 4.69) is 5.32 Å². The number of nitrogens with one attached hydrogen (secondary N) is 1. The van der Waals surface area contributed by atoms with Gasteiger partial charge in [0.05, 0.1) is 6.61 Å². The summed E-state index contributed by atoms with van der Waals surface area (Å²) >= 11 is 0. The lowest BCUT2D eigenvalue weighted by atomic mass is 10.1. The highest BCUT2D eigenvalue weighted by Crippen LogP contribution is 2.13. The summed E-state index contributed by atoms with van der Waals surface area (Å²) < 4.78 is 0. The molecule has 0 radical (unpaired) electrons. The van der Waals surface area contributed by atoms with Crippen LogP contribution in [0.25, 0.3) is 5.57 Å².